The molecule has 0 fully saturated rings. The maximum atomic E-state index is 11.5. The number of hydrogen-bond donors (Lipinski definition) is 1. The number of aliphatic hydroxyl groups excluding tert-OH is 1. The van der Waals surface area contributed by atoms with Crippen molar-refractivity contribution in [3.8, 4) is 5.75 Å². The van der Waals surface area contributed by atoms with Crippen LogP contribution in [0.5, 0.6) is 5.75 Å². The summed E-state index contributed by atoms with van der Waals surface area (Å²) in [5, 5.41) is 9.59. The minimum atomic E-state index is -0.196. The zero-order valence-electron chi connectivity index (χ0n) is 15.0. The Labute approximate surface area is 144 Å². The van der Waals surface area contributed by atoms with Gasteiger partial charge in [0, 0.05) is 13.5 Å². The van der Waals surface area contributed by atoms with E-state index in [4.69, 9.17) is 9.47 Å². The molecule has 5 nitrogen and oxygen atoms in total. The molecule has 0 aliphatic rings. The molecule has 0 aliphatic heterocycles. The Bertz CT molecular complexity index is 588. The largest absolute Gasteiger partial charge is 0.497 e. The lowest BCUT2D eigenvalue weighted by Gasteiger charge is -2.14. The molecule has 0 aromatic heterocycles. The van der Waals surface area contributed by atoms with E-state index in [-0.39, 0.29) is 12.6 Å². The molecule has 0 heterocycles. The quantitative estimate of drug-likeness (QED) is 0.556. The number of nitrogens with zero attached hydrogens (tertiary/aromatic N) is 1. The molecule has 1 aromatic rings. The van der Waals surface area contributed by atoms with Gasteiger partial charge in [-0.3, -0.25) is 9.79 Å². The zero-order chi connectivity index (χ0) is 17.9. The van der Waals surface area contributed by atoms with Gasteiger partial charge in [0.2, 0.25) is 0 Å². The summed E-state index contributed by atoms with van der Waals surface area (Å²) in [7, 11) is 3.30. The lowest BCUT2D eigenvalue weighted by molar-refractivity contribution is -0.143. The van der Waals surface area contributed by atoms with Gasteiger partial charge in [-0.05, 0) is 55.5 Å². The maximum absolute atomic E-state index is 11.5. The highest BCUT2D eigenvalue weighted by Gasteiger charge is 2.12. The number of aliphatic imine (C=N–C) groups is 1. The van der Waals surface area contributed by atoms with E-state index < -0.39 is 0 Å². The average Bonchev–Trinajstić information content (AvgIpc) is 2.61. The summed E-state index contributed by atoms with van der Waals surface area (Å²) in [6.45, 7) is 4.07. The molecule has 0 radical (unpaired) electrons. The van der Waals surface area contributed by atoms with E-state index in [1.807, 2.05) is 31.2 Å². The number of aliphatic hydroxyl groups is 1. The molecule has 0 saturated carbocycles. The number of rotatable bonds is 9. The Kier molecular flexibility index (Phi) is 8.79. The Balaban J connectivity index is 2.99. The summed E-state index contributed by atoms with van der Waals surface area (Å²) in [6.07, 6.45) is 1.67. The van der Waals surface area contributed by atoms with E-state index in [1.165, 1.54) is 0 Å². The van der Waals surface area contributed by atoms with Crippen molar-refractivity contribution in [1.29, 1.82) is 0 Å². The van der Waals surface area contributed by atoms with Crippen molar-refractivity contribution < 1.29 is 19.4 Å². The van der Waals surface area contributed by atoms with Crippen LogP contribution in [0.4, 0.5) is 0 Å². The van der Waals surface area contributed by atoms with Crippen LogP contribution in [-0.2, 0) is 9.53 Å². The normalized spacial score (nSPS) is 12.6. The van der Waals surface area contributed by atoms with Gasteiger partial charge in [0.05, 0.1) is 26.0 Å². The Morgan fingerprint density at radius 2 is 1.88 bits per heavy atom. The summed E-state index contributed by atoms with van der Waals surface area (Å²) in [5.74, 6) is 0.597. The number of benzene rings is 1. The van der Waals surface area contributed by atoms with E-state index in [0.29, 0.717) is 31.6 Å². The third-order valence-corrected chi connectivity index (χ3v) is 3.86. The first-order valence-corrected chi connectivity index (χ1v) is 8.14. The third-order valence-electron chi connectivity index (χ3n) is 3.86. The molecule has 0 unspecified atom stereocenters. The van der Waals surface area contributed by atoms with E-state index in [1.54, 1.807) is 21.1 Å². The first-order chi connectivity index (χ1) is 11.6. The SMILES string of the molecule is CCOC(=O)CCC/C(C(CO)=NC)=C(/C)c1ccc(OC)cc1. The van der Waals surface area contributed by atoms with Crippen molar-refractivity contribution in [3.63, 3.8) is 0 Å². The van der Waals surface area contributed by atoms with Gasteiger partial charge < -0.3 is 14.6 Å². The van der Waals surface area contributed by atoms with Gasteiger partial charge in [-0.1, -0.05) is 12.1 Å². The molecule has 0 amide bonds. The van der Waals surface area contributed by atoms with Crippen LogP contribution < -0.4 is 4.74 Å². The number of carbonyl (C=O) groups is 1. The molecule has 0 atom stereocenters. The summed E-state index contributed by atoms with van der Waals surface area (Å²) >= 11 is 0. The fourth-order valence-electron chi connectivity index (χ4n) is 2.51. The van der Waals surface area contributed by atoms with Gasteiger partial charge in [-0.25, -0.2) is 0 Å². The van der Waals surface area contributed by atoms with Crippen molar-refractivity contribution in [2.75, 3.05) is 27.4 Å². The summed E-state index contributed by atoms with van der Waals surface area (Å²) in [6, 6.07) is 7.75. The van der Waals surface area contributed by atoms with Gasteiger partial charge in [0.15, 0.2) is 0 Å². The molecule has 0 aliphatic carbocycles. The highest BCUT2D eigenvalue weighted by molar-refractivity contribution is 6.06. The van der Waals surface area contributed by atoms with E-state index in [9.17, 15) is 9.90 Å². The monoisotopic (exact) mass is 333 g/mol. The second-order valence-corrected chi connectivity index (χ2v) is 5.32. The topological polar surface area (TPSA) is 68.1 Å². The number of ether oxygens (including phenoxy) is 2. The van der Waals surface area contributed by atoms with Crippen LogP contribution in [0.3, 0.4) is 0 Å². The molecule has 0 spiro atoms. The number of methoxy groups -OCH3 is 1. The lowest BCUT2D eigenvalue weighted by atomic mass is 9.94. The van der Waals surface area contributed by atoms with Crippen LogP contribution in [0.1, 0.15) is 38.7 Å². The Morgan fingerprint density at radius 3 is 2.38 bits per heavy atom. The number of allylic oxidation sites excluding steroid dienone is 1. The predicted molar refractivity (Wildman–Crippen MR) is 96.5 cm³/mol. The van der Waals surface area contributed by atoms with Crippen LogP contribution in [0.2, 0.25) is 0 Å². The van der Waals surface area contributed by atoms with Crippen LogP contribution in [0.25, 0.3) is 5.57 Å². The number of esters is 1. The van der Waals surface area contributed by atoms with E-state index in [0.717, 1.165) is 22.5 Å². The van der Waals surface area contributed by atoms with Crippen molar-refractivity contribution in [2.24, 2.45) is 4.99 Å². The molecule has 5 heteroatoms. The first kappa shape index (κ1) is 19.9. The Hall–Kier alpha value is -2.14. The first-order valence-electron chi connectivity index (χ1n) is 8.14. The number of hydrogen-bond acceptors (Lipinski definition) is 5. The maximum Gasteiger partial charge on any atom is 0.305 e. The van der Waals surface area contributed by atoms with Crippen LogP contribution in [0, 0.1) is 0 Å². The molecular weight excluding hydrogens is 306 g/mol. The van der Waals surface area contributed by atoms with Crippen molar-refractivity contribution >= 4 is 17.3 Å². The molecule has 1 rings (SSSR count). The smallest absolute Gasteiger partial charge is 0.305 e. The third kappa shape index (κ3) is 5.81. The predicted octanol–water partition coefficient (Wildman–Crippen LogP) is 3.27. The molecule has 1 aromatic carbocycles. The molecular formula is C19H27NO4. The van der Waals surface area contributed by atoms with E-state index in [2.05, 4.69) is 4.99 Å². The van der Waals surface area contributed by atoms with Crippen LogP contribution in [-0.4, -0.2) is 44.2 Å². The average molecular weight is 333 g/mol. The molecule has 132 valence electrons. The fraction of sp³-hybridized carbons (Fsp3) is 0.474. The molecule has 0 saturated heterocycles. The summed E-state index contributed by atoms with van der Waals surface area (Å²) < 4.78 is 10.1. The van der Waals surface area contributed by atoms with Gasteiger partial charge in [0.25, 0.3) is 0 Å². The Morgan fingerprint density at radius 1 is 1.21 bits per heavy atom. The van der Waals surface area contributed by atoms with Crippen molar-refractivity contribution in [2.45, 2.75) is 33.1 Å². The van der Waals surface area contributed by atoms with Crippen LogP contribution in [0.15, 0.2) is 34.8 Å². The van der Waals surface area contributed by atoms with Gasteiger partial charge >= 0.3 is 5.97 Å². The van der Waals surface area contributed by atoms with Crippen LogP contribution >= 0.6 is 0 Å². The minimum Gasteiger partial charge on any atom is -0.497 e. The molecule has 24 heavy (non-hydrogen) atoms. The van der Waals surface area contributed by atoms with E-state index >= 15 is 0 Å². The van der Waals surface area contributed by atoms with Gasteiger partial charge in [-0.2, -0.15) is 0 Å². The lowest BCUT2D eigenvalue weighted by Crippen LogP contribution is -2.11. The van der Waals surface area contributed by atoms with Crippen molar-refractivity contribution in [1.82, 2.24) is 0 Å². The standard InChI is InChI=1S/C19H27NO4/c1-5-24-19(22)8-6-7-17(18(13-21)20-3)14(2)15-9-11-16(23-4)12-10-15/h9-12,21H,5-8,13H2,1-4H3/b17-14+,20-18?. The molecule has 0 bridgehead atoms. The van der Waals surface area contributed by atoms with Crippen molar-refractivity contribution in [3.05, 3.63) is 35.4 Å². The summed E-state index contributed by atoms with van der Waals surface area (Å²) in [5.41, 5.74) is 3.69. The second-order valence-electron chi connectivity index (χ2n) is 5.32. The second kappa shape index (κ2) is 10.6. The zero-order valence-corrected chi connectivity index (χ0v) is 15.0. The van der Waals surface area contributed by atoms with Gasteiger partial charge in [-0.15, -0.1) is 0 Å². The van der Waals surface area contributed by atoms with Gasteiger partial charge in [0.1, 0.15) is 5.75 Å². The molecule has 1 N–H and O–H groups in total. The minimum absolute atomic E-state index is 0.126. The number of carbonyl (C=O) groups excluding carboxylic acids is 1. The highest BCUT2D eigenvalue weighted by Crippen LogP contribution is 2.25. The highest BCUT2D eigenvalue weighted by atomic mass is 16.5. The fourth-order valence-corrected chi connectivity index (χ4v) is 2.51. The summed E-state index contributed by atoms with van der Waals surface area (Å²) in [4.78, 5) is 15.7.